The summed E-state index contributed by atoms with van der Waals surface area (Å²) >= 11 is 0. The summed E-state index contributed by atoms with van der Waals surface area (Å²) < 4.78 is 5.65. The Labute approximate surface area is 124 Å². The van der Waals surface area contributed by atoms with E-state index in [1.165, 1.54) is 0 Å². The maximum absolute atomic E-state index is 11.9. The lowest BCUT2D eigenvalue weighted by Crippen LogP contribution is -2.16. The van der Waals surface area contributed by atoms with Gasteiger partial charge in [0.2, 0.25) is 5.91 Å². The first-order chi connectivity index (χ1) is 9.99. The minimum Gasteiger partial charge on any atom is -0.440 e. The second kappa shape index (κ2) is 6.72. The summed E-state index contributed by atoms with van der Waals surface area (Å²) in [6.45, 7) is 6.72. The molecule has 2 rings (SSSR count). The summed E-state index contributed by atoms with van der Waals surface area (Å²) in [6.07, 6.45) is 1.28. The molecule has 0 aliphatic rings. The van der Waals surface area contributed by atoms with Crippen LogP contribution in [0.4, 0.5) is 5.69 Å². The second-order valence-electron chi connectivity index (χ2n) is 5.82. The summed E-state index contributed by atoms with van der Waals surface area (Å²) in [5.41, 5.74) is 7.81. The van der Waals surface area contributed by atoms with Crippen LogP contribution in [0.2, 0.25) is 0 Å². The van der Waals surface area contributed by atoms with Gasteiger partial charge in [-0.3, -0.25) is 4.79 Å². The highest BCUT2D eigenvalue weighted by Gasteiger charge is 2.11. The maximum atomic E-state index is 11.9. The molecule has 1 unspecified atom stereocenters. The van der Waals surface area contributed by atoms with Gasteiger partial charge in [0, 0.05) is 18.0 Å². The van der Waals surface area contributed by atoms with Gasteiger partial charge in [0.15, 0.2) is 11.5 Å². The van der Waals surface area contributed by atoms with E-state index in [0.717, 1.165) is 23.2 Å². The number of amides is 1. The fourth-order valence-corrected chi connectivity index (χ4v) is 1.99. The predicted molar refractivity (Wildman–Crippen MR) is 84.2 cm³/mol. The number of carbonyl (C=O) groups excluding carboxylic acids is 1. The largest absolute Gasteiger partial charge is 0.440 e. The molecule has 0 spiro atoms. The maximum Gasteiger partial charge on any atom is 0.224 e. The minimum absolute atomic E-state index is 0.00206. The van der Waals surface area contributed by atoms with Crippen LogP contribution in [0.5, 0.6) is 0 Å². The van der Waals surface area contributed by atoms with Crippen LogP contribution in [0.15, 0.2) is 22.6 Å². The van der Waals surface area contributed by atoms with Crippen molar-refractivity contribution in [1.82, 2.24) is 4.98 Å². The molecule has 1 heterocycles. The molecule has 1 amide bonds. The molecule has 5 heteroatoms. The van der Waals surface area contributed by atoms with Gasteiger partial charge in [-0.25, -0.2) is 4.98 Å². The third-order valence-corrected chi connectivity index (χ3v) is 3.45. The summed E-state index contributed by atoms with van der Waals surface area (Å²) in [5.74, 6) is 1.32. The fourth-order valence-electron chi connectivity index (χ4n) is 1.99. The van der Waals surface area contributed by atoms with Crippen molar-refractivity contribution in [1.29, 1.82) is 0 Å². The van der Waals surface area contributed by atoms with Gasteiger partial charge in [-0.2, -0.15) is 0 Å². The number of fused-ring (bicyclic) bond motifs is 1. The molecular weight excluding hydrogens is 266 g/mol. The molecule has 0 aliphatic carbocycles. The number of aromatic nitrogens is 1. The molecule has 1 aromatic carbocycles. The van der Waals surface area contributed by atoms with Crippen LogP contribution in [0.3, 0.4) is 0 Å². The first-order valence-electron chi connectivity index (χ1n) is 7.40. The van der Waals surface area contributed by atoms with Crippen LogP contribution in [-0.4, -0.2) is 17.4 Å². The molecule has 2 aromatic rings. The number of nitrogens with one attached hydrogen (secondary N) is 1. The molecule has 0 saturated heterocycles. The van der Waals surface area contributed by atoms with Crippen LogP contribution in [-0.2, 0) is 4.79 Å². The quantitative estimate of drug-likeness (QED) is 0.855. The third kappa shape index (κ3) is 4.04. The molecule has 21 heavy (non-hydrogen) atoms. The van der Waals surface area contributed by atoms with Gasteiger partial charge in [0.05, 0.1) is 0 Å². The number of anilines is 1. The van der Waals surface area contributed by atoms with Crippen molar-refractivity contribution in [3.63, 3.8) is 0 Å². The molecule has 0 bridgehead atoms. The van der Waals surface area contributed by atoms with Crippen molar-refractivity contribution in [2.45, 2.75) is 39.5 Å². The highest BCUT2D eigenvalue weighted by molar-refractivity contribution is 5.92. The number of hydrogen-bond donors (Lipinski definition) is 2. The first kappa shape index (κ1) is 15.5. The molecule has 0 radical (unpaired) electrons. The molecular formula is C16H23N3O2. The molecule has 1 atom stereocenters. The Morgan fingerprint density at radius 2 is 2.14 bits per heavy atom. The van der Waals surface area contributed by atoms with E-state index >= 15 is 0 Å². The number of hydrogen-bond acceptors (Lipinski definition) is 4. The Balaban J connectivity index is 2.03. The Morgan fingerprint density at radius 1 is 1.38 bits per heavy atom. The van der Waals surface area contributed by atoms with E-state index in [2.05, 4.69) is 10.3 Å². The Bertz CT molecular complexity index is 619. The van der Waals surface area contributed by atoms with Crippen LogP contribution < -0.4 is 11.1 Å². The van der Waals surface area contributed by atoms with E-state index in [9.17, 15) is 4.79 Å². The highest BCUT2D eigenvalue weighted by atomic mass is 16.3. The van der Waals surface area contributed by atoms with Crippen molar-refractivity contribution in [2.75, 3.05) is 11.9 Å². The highest BCUT2D eigenvalue weighted by Crippen LogP contribution is 2.23. The molecule has 0 aliphatic heterocycles. The zero-order chi connectivity index (χ0) is 15.4. The second-order valence-corrected chi connectivity index (χ2v) is 5.82. The van der Waals surface area contributed by atoms with Gasteiger partial charge < -0.3 is 15.5 Å². The monoisotopic (exact) mass is 289 g/mol. The first-order valence-corrected chi connectivity index (χ1v) is 7.40. The van der Waals surface area contributed by atoms with Crippen molar-refractivity contribution in [3.8, 4) is 0 Å². The third-order valence-electron chi connectivity index (χ3n) is 3.45. The average Bonchev–Trinajstić information content (AvgIpc) is 2.88. The predicted octanol–water partition coefficient (Wildman–Crippen LogP) is 3.26. The molecule has 0 saturated carbocycles. The zero-order valence-corrected chi connectivity index (χ0v) is 12.8. The van der Waals surface area contributed by atoms with Crippen molar-refractivity contribution in [3.05, 3.63) is 24.1 Å². The average molecular weight is 289 g/mol. The van der Waals surface area contributed by atoms with Gasteiger partial charge in [0.1, 0.15) is 5.52 Å². The SMILES string of the molecule is CC(CN)CCC(=O)Nc1ccc2oc(C(C)C)nc2c1. The van der Waals surface area contributed by atoms with Gasteiger partial charge in [-0.1, -0.05) is 20.8 Å². The molecule has 3 N–H and O–H groups in total. The van der Waals surface area contributed by atoms with E-state index < -0.39 is 0 Å². The lowest BCUT2D eigenvalue weighted by molar-refractivity contribution is -0.116. The molecule has 5 nitrogen and oxygen atoms in total. The summed E-state index contributed by atoms with van der Waals surface area (Å²) in [4.78, 5) is 16.3. The van der Waals surface area contributed by atoms with Gasteiger partial charge in [0.25, 0.3) is 0 Å². The van der Waals surface area contributed by atoms with Gasteiger partial charge in [-0.05, 0) is 37.1 Å². The fraction of sp³-hybridized carbons (Fsp3) is 0.500. The van der Waals surface area contributed by atoms with Crippen LogP contribution in [0.25, 0.3) is 11.1 Å². The van der Waals surface area contributed by atoms with Gasteiger partial charge in [-0.15, -0.1) is 0 Å². The zero-order valence-electron chi connectivity index (χ0n) is 12.8. The number of benzene rings is 1. The standard InChI is InChI=1S/C16H23N3O2/c1-10(2)16-19-13-8-12(5-6-14(13)21-16)18-15(20)7-4-11(3)9-17/h5-6,8,10-11H,4,7,9,17H2,1-3H3,(H,18,20). The van der Waals surface area contributed by atoms with E-state index in [0.29, 0.717) is 24.8 Å². The number of rotatable bonds is 6. The Hall–Kier alpha value is -1.88. The van der Waals surface area contributed by atoms with Crippen LogP contribution in [0, 0.1) is 5.92 Å². The normalized spacial score (nSPS) is 12.8. The number of carbonyl (C=O) groups is 1. The Morgan fingerprint density at radius 3 is 2.81 bits per heavy atom. The van der Waals surface area contributed by atoms with Crippen molar-refractivity contribution in [2.24, 2.45) is 11.7 Å². The van der Waals surface area contributed by atoms with Crippen LogP contribution >= 0.6 is 0 Å². The van der Waals surface area contributed by atoms with E-state index in [4.69, 9.17) is 10.2 Å². The summed E-state index contributed by atoms with van der Waals surface area (Å²) in [6, 6.07) is 5.52. The topological polar surface area (TPSA) is 81.2 Å². The molecule has 1 aromatic heterocycles. The van der Waals surface area contributed by atoms with E-state index in [-0.39, 0.29) is 11.8 Å². The molecule has 114 valence electrons. The number of nitrogens with two attached hydrogens (primary N) is 1. The lowest BCUT2D eigenvalue weighted by atomic mass is 10.1. The number of oxazole rings is 1. The van der Waals surface area contributed by atoms with Crippen LogP contribution in [0.1, 0.15) is 45.4 Å². The van der Waals surface area contributed by atoms with Crippen molar-refractivity contribution >= 4 is 22.7 Å². The van der Waals surface area contributed by atoms with Crippen molar-refractivity contribution < 1.29 is 9.21 Å². The molecule has 0 fully saturated rings. The summed E-state index contributed by atoms with van der Waals surface area (Å²) in [5, 5.41) is 2.89. The minimum atomic E-state index is 0.00206. The summed E-state index contributed by atoms with van der Waals surface area (Å²) in [7, 11) is 0. The smallest absolute Gasteiger partial charge is 0.224 e. The lowest BCUT2D eigenvalue weighted by Gasteiger charge is -2.08. The Kier molecular flexibility index (Phi) is 4.96. The van der Waals surface area contributed by atoms with E-state index in [1.54, 1.807) is 0 Å². The number of nitrogens with zero attached hydrogens (tertiary/aromatic N) is 1. The van der Waals surface area contributed by atoms with E-state index in [1.807, 2.05) is 39.0 Å². The van der Waals surface area contributed by atoms with Gasteiger partial charge >= 0.3 is 0 Å².